The van der Waals surface area contributed by atoms with E-state index in [2.05, 4.69) is 26.8 Å². The molecule has 0 radical (unpaired) electrons. The number of nitrogens with one attached hydrogen (secondary N) is 1. The molecule has 3 aromatic rings. The highest BCUT2D eigenvalue weighted by Gasteiger charge is 2.06. The number of hydrogen-bond donors (Lipinski definition) is 1. The van der Waals surface area contributed by atoms with Crippen molar-refractivity contribution in [3.8, 4) is 11.3 Å². The van der Waals surface area contributed by atoms with Crippen LogP contribution >= 0.6 is 34.5 Å². The first kappa shape index (κ1) is 12.7. The lowest BCUT2D eigenvalue weighted by Gasteiger charge is -2.00. The van der Waals surface area contributed by atoms with Gasteiger partial charge in [-0.25, -0.2) is 4.98 Å². The average Bonchev–Trinajstić information content (AvgIpc) is 3.05. The van der Waals surface area contributed by atoms with E-state index in [0.29, 0.717) is 10.0 Å². The summed E-state index contributed by atoms with van der Waals surface area (Å²) in [6.07, 6.45) is 2.63. The Bertz CT molecular complexity index is 689. The first-order chi connectivity index (χ1) is 9.22. The topological polar surface area (TPSA) is 28.7 Å². The third-order valence-electron chi connectivity index (χ3n) is 2.81. The zero-order valence-electron chi connectivity index (χ0n) is 9.86. The first-order valence-corrected chi connectivity index (χ1v) is 7.42. The van der Waals surface area contributed by atoms with Crippen LogP contribution in [0.25, 0.3) is 11.3 Å². The van der Waals surface area contributed by atoms with Crippen LogP contribution in [-0.2, 0) is 6.42 Å². The monoisotopic (exact) mass is 308 g/mol. The van der Waals surface area contributed by atoms with E-state index in [1.165, 1.54) is 5.56 Å². The molecule has 1 aromatic carbocycles. The minimum absolute atomic E-state index is 0.549. The summed E-state index contributed by atoms with van der Waals surface area (Å²) in [4.78, 5) is 7.70. The molecule has 0 spiro atoms. The number of H-pyrrole nitrogens is 1. The van der Waals surface area contributed by atoms with Gasteiger partial charge in [0.05, 0.1) is 21.9 Å². The molecule has 0 fully saturated rings. The van der Waals surface area contributed by atoms with E-state index in [4.69, 9.17) is 23.2 Å². The second-order valence-electron chi connectivity index (χ2n) is 4.18. The number of benzene rings is 1. The minimum atomic E-state index is 0.549. The van der Waals surface area contributed by atoms with Gasteiger partial charge in [0.15, 0.2) is 0 Å². The third kappa shape index (κ3) is 2.84. The van der Waals surface area contributed by atoms with E-state index in [9.17, 15) is 0 Å². The van der Waals surface area contributed by atoms with E-state index in [0.717, 1.165) is 23.5 Å². The summed E-state index contributed by atoms with van der Waals surface area (Å²) in [7, 11) is 0. The first-order valence-electron chi connectivity index (χ1n) is 5.73. The second kappa shape index (κ2) is 5.37. The molecule has 0 bridgehead atoms. The molecular weight excluding hydrogens is 299 g/mol. The van der Waals surface area contributed by atoms with Crippen molar-refractivity contribution in [2.45, 2.75) is 6.42 Å². The summed E-state index contributed by atoms with van der Waals surface area (Å²) in [5.74, 6) is 0.944. The van der Waals surface area contributed by atoms with Crippen LogP contribution in [0.3, 0.4) is 0 Å². The lowest BCUT2D eigenvalue weighted by atomic mass is 10.2. The molecule has 0 aliphatic rings. The molecule has 0 aliphatic heterocycles. The Morgan fingerprint density at radius 2 is 2.05 bits per heavy atom. The fourth-order valence-corrected chi connectivity index (χ4v) is 2.82. The molecule has 0 aliphatic carbocycles. The van der Waals surface area contributed by atoms with Crippen molar-refractivity contribution in [1.82, 2.24) is 9.97 Å². The van der Waals surface area contributed by atoms with Crippen molar-refractivity contribution < 1.29 is 0 Å². The summed E-state index contributed by atoms with van der Waals surface area (Å²) in [6, 6.07) is 7.66. The Balaban J connectivity index is 1.86. The molecule has 2 aromatic heterocycles. The molecule has 0 saturated carbocycles. The number of halogens is 2. The lowest BCUT2D eigenvalue weighted by molar-refractivity contribution is 1.03. The van der Waals surface area contributed by atoms with Gasteiger partial charge in [0.25, 0.3) is 0 Å². The van der Waals surface area contributed by atoms with E-state index in [1.54, 1.807) is 17.4 Å². The quantitative estimate of drug-likeness (QED) is 0.721. The van der Waals surface area contributed by atoms with Gasteiger partial charge in [-0.2, -0.15) is 11.3 Å². The predicted molar refractivity (Wildman–Crippen MR) is 81.2 cm³/mol. The van der Waals surface area contributed by atoms with Crippen LogP contribution in [0.2, 0.25) is 10.0 Å². The standard InChI is InChI=1S/C14H10Cl2N2S/c15-11-2-1-10(6-12(11)16)13-7-17-14(18-13)5-9-3-4-19-8-9/h1-4,6-8H,5H2,(H,17,18). The number of nitrogens with zero attached hydrogens (tertiary/aromatic N) is 1. The van der Waals surface area contributed by atoms with Gasteiger partial charge in [-0.3, -0.25) is 0 Å². The fraction of sp³-hybridized carbons (Fsp3) is 0.0714. The van der Waals surface area contributed by atoms with Gasteiger partial charge in [-0.05, 0) is 34.5 Å². The van der Waals surface area contributed by atoms with Crippen LogP contribution in [0.5, 0.6) is 0 Å². The van der Waals surface area contributed by atoms with Gasteiger partial charge in [0.1, 0.15) is 5.82 Å². The molecule has 5 heteroatoms. The molecule has 1 N–H and O–H groups in total. The highest BCUT2D eigenvalue weighted by atomic mass is 35.5. The van der Waals surface area contributed by atoms with Crippen molar-refractivity contribution in [3.63, 3.8) is 0 Å². The highest BCUT2D eigenvalue weighted by Crippen LogP contribution is 2.27. The second-order valence-corrected chi connectivity index (χ2v) is 5.78. The average molecular weight is 309 g/mol. The van der Waals surface area contributed by atoms with Crippen LogP contribution in [0.15, 0.2) is 41.2 Å². The maximum Gasteiger partial charge on any atom is 0.110 e. The number of thiophene rings is 1. The number of aromatic nitrogens is 2. The maximum atomic E-state index is 6.02. The van der Waals surface area contributed by atoms with Crippen LogP contribution in [0.1, 0.15) is 11.4 Å². The number of hydrogen-bond acceptors (Lipinski definition) is 2. The molecule has 19 heavy (non-hydrogen) atoms. The number of imidazole rings is 1. The predicted octanol–water partition coefficient (Wildman–Crippen LogP) is 5.04. The van der Waals surface area contributed by atoms with Crippen molar-refractivity contribution in [3.05, 3.63) is 62.7 Å². The van der Waals surface area contributed by atoms with Crippen LogP contribution < -0.4 is 0 Å². The summed E-state index contributed by atoms with van der Waals surface area (Å²) >= 11 is 13.6. The molecule has 2 heterocycles. The summed E-state index contributed by atoms with van der Waals surface area (Å²) in [6.45, 7) is 0. The van der Waals surface area contributed by atoms with Gasteiger partial charge >= 0.3 is 0 Å². The summed E-state index contributed by atoms with van der Waals surface area (Å²) in [5, 5.41) is 5.30. The van der Waals surface area contributed by atoms with Gasteiger partial charge in [-0.15, -0.1) is 0 Å². The van der Waals surface area contributed by atoms with Gasteiger partial charge in [0.2, 0.25) is 0 Å². The lowest BCUT2D eigenvalue weighted by Crippen LogP contribution is -1.88. The van der Waals surface area contributed by atoms with E-state index < -0.39 is 0 Å². The maximum absolute atomic E-state index is 6.02. The van der Waals surface area contributed by atoms with E-state index >= 15 is 0 Å². The molecule has 96 valence electrons. The molecule has 0 amide bonds. The largest absolute Gasteiger partial charge is 0.342 e. The Labute approximate surface area is 125 Å². The minimum Gasteiger partial charge on any atom is -0.342 e. The van der Waals surface area contributed by atoms with Crippen molar-refractivity contribution in [2.75, 3.05) is 0 Å². The number of aromatic amines is 1. The number of rotatable bonds is 3. The van der Waals surface area contributed by atoms with Crippen molar-refractivity contribution >= 4 is 34.5 Å². The van der Waals surface area contributed by atoms with Crippen molar-refractivity contribution in [2.24, 2.45) is 0 Å². The SMILES string of the molecule is Clc1ccc(-c2cnc(Cc3ccsc3)[nH]2)cc1Cl. The van der Waals surface area contributed by atoms with Gasteiger partial charge in [0, 0.05) is 12.0 Å². The molecule has 3 rings (SSSR count). The van der Waals surface area contributed by atoms with Crippen molar-refractivity contribution in [1.29, 1.82) is 0 Å². The molecule has 0 unspecified atom stereocenters. The highest BCUT2D eigenvalue weighted by molar-refractivity contribution is 7.07. The molecule has 0 atom stereocenters. The van der Waals surface area contributed by atoms with Crippen LogP contribution in [-0.4, -0.2) is 9.97 Å². The van der Waals surface area contributed by atoms with Crippen LogP contribution in [0, 0.1) is 0 Å². The zero-order valence-corrected chi connectivity index (χ0v) is 12.2. The smallest absolute Gasteiger partial charge is 0.110 e. The van der Waals surface area contributed by atoms with Gasteiger partial charge in [-0.1, -0.05) is 29.3 Å². The summed E-state index contributed by atoms with van der Waals surface area (Å²) in [5.41, 5.74) is 3.20. The molecule has 2 nitrogen and oxygen atoms in total. The fourth-order valence-electron chi connectivity index (χ4n) is 1.85. The van der Waals surface area contributed by atoms with E-state index in [-0.39, 0.29) is 0 Å². The Hall–Kier alpha value is -1.29. The van der Waals surface area contributed by atoms with Gasteiger partial charge < -0.3 is 4.98 Å². The molecule has 0 saturated heterocycles. The Morgan fingerprint density at radius 1 is 1.16 bits per heavy atom. The van der Waals surface area contributed by atoms with E-state index in [1.807, 2.05) is 18.3 Å². The van der Waals surface area contributed by atoms with Crippen LogP contribution in [0.4, 0.5) is 0 Å². The Kier molecular flexibility index (Phi) is 3.60. The normalized spacial score (nSPS) is 10.8. The molecular formula is C14H10Cl2N2S. The zero-order chi connectivity index (χ0) is 13.2. The third-order valence-corrected chi connectivity index (χ3v) is 4.28. The summed E-state index contributed by atoms with van der Waals surface area (Å²) < 4.78 is 0. The Morgan fingerprint density at radius 3 is 2.79 bits per heavy atom.